The molecule has 1 N–H and O–H groups in total. The first-order valence-corrected chi connectivity index (χ1v) is 7.38. The number of fused-ring (bicyclic) bond motifs is 1. The van der Waals surface area contributed by atoms with E-state index in [0.29, 0.717) is 18.4 Å². The Hall–Kier alpha value is -1.94. The van der Waals surface area contributed by atoms with Crippen molar-refractivity contribution in [3.63, 3.8) is 0 Å². The van der Waals surface area contributed by atoms with Gasteiger partial charge >= 0.3 is 0 Å². The lowest BCUT2D eigenvalue weighted by atomic mass is 10.1. The van der Waals surface area contributed by atoms with Crippen LogP contribution in [0.3, 0.4) is 0 Å². The monoisotopic (exact) mass is 304 g/mol. The van der Waals surface area contributed by atoms with Crippen LogP contribution < -0.4 is 14.8 Å². The summed E-state index contributed by atoms with van der Waals surface area (Å²) in [5.41, 5.74) is 1.93. The molecule has 0 spiro atoms. The molecule has 1 aliphatic rings. The highest BCUT2D eigenvalue weighted by Crippen LogP contribution is 2.33. The second-order valence-corrected chi connectivity index (χ2v) is 5.32. The minimum absolute atomic E-state index is 0.0869. The summed E-state index contributed by atoms with van der Waals surface area (Å²) in [4.78, 5) is 4.07. The Bertz CT molecular complexity index is 633. The normalized spacial score (nSPS) is 15.1. The van der Waals surface area contributed by atoms with Crippen LogP contribution in [0.5, 0.6) is 11.5 Å². The Morgan fingerprint density at radius 1 is 1.19 bits per heavy atom. The van der Waals surface area contributed by atoms with Gasteiger partial charge in [0.15, 0.2) is 16.7 Å². The summed E-state index contributed by atoms with van der Waals surface area (Å²) >= 11 is 6.07. The molecule has 1 atom stereocenters. The third kappa shape index (κ3) is 3.22. The summed E-state index contributed by atoms with van der Waals surface area (Å²) in [7, 11) is 0. The molecule has 0 radical (unpaired) electrons. The summed E-state index contributed by atoms with van der Waals surface area (Å²) in [5, 5.41) is 3.83. The van der Waals surface area contributed by atoms with Crippen molar-refractivity contribution in [3.8, 4) is 11.5 Å². The molecule has 2 heterocycles. The van der Waals surface area contributed by atoms with Crippen molar-refractivity contribution in [2.45, 2.75) is 19.4 Å². The first-order valence-electron chi connectivity index (χ1n) is 7.00. The van der Waals surface area contributed by atoms with Gasteiger partial charge in [0.2, 0.25) is 0 Å². The van der Waals surface area contributed by atoms with E-state index in [-0.39, 0.29) is 6.04 Å². The van der Waals surface area contributed by atoms with Crippen LogP contribution in [-0.4, -0.2) is 18.2 Å². The fraction of sp³-hybridized carbons (Fsp3) is 0.312. The van der Waals surface area contributed by atoms with Crippen molar-refractivity contribution in [1.29, 1.82) is 0 Å². The minimum atomic E-state index is 0.0869. The Morgan fingerprint density at radius 2 is 2.00 bits per heavy atom. The van der Waals surface area contributed by atoms with Crippen molar-refractivity contribution in [3.05, 3.63) is 47.2 Å². The van der Waals surface area contributed by atoms with Gasteiger partial charge in [0.1, 0.15) is 0 Å². The van der Waals surface area contributed by atoms with Crippen LogP contribution in [0.2, 0.25) is 5.15 Å². The molecule has 110 valence electrons. The van der Waals surface area contributed by atoms with Crippen molar-refractivity contribution in [1.82, 2.24) is 4.98 Å². The van der Waals surface area contributed by atoms with E-state index < -0.39 is 0 Å². The number of hydrogen-bond acceptors (Lipinski definition) is 4. The van der Waals surface area contributed by atoms with Gasteiger partial charge in [0, 0.05) is 18.7 Å². The fourth-order valence-corrected chi connectivity index (χ4v) is 2.43. The molecule has 0 saturated carbocycles. The van der Waals surface area contributed by atoms with E-state index in [4.69, 9.17) is 21.1 Å². The molecule has 21 heavy (non-hydrogen) atoms. The zero-order valence-electron chi connectivity index (χ0n) is 11.8. The Balaban J connectivity index is 1.80. The van der Waals surface area contributed by atoms with E-state index in [1.165, 1.54) is 0 Å². The molecule has 2 aromatic rings. The molecule has 1 unspecified atom stereocenters. The number of ether oxygens (including phenoxy) is 2. The van der Waals surface area contributed by atoms with Gasteiger partial charge in [-0.15, -0.1) is 0 Å². The lowest BCUT2D eigenvalue weighted by molar-refractivity contribution is 0.297. The zero-order chi connectivity index (χ0) is 14.7. The van der Waals surface area contributed by atoms with E-state index in [9.17, 15) is 0 Å². The molecule has 1 aromatic heterocycles. The maximum absolute atomic E-state index is 6.07. The van der Waals surface area contributed by atoms with E-state index in [0.717, 1.165) is 29.2 Å². The molecular formula is C16H17ClN2O2. The Morgan fingerprint density at radius 3 is 2.81 bits per heavy atom. The third-order valence-electron chi connectivity index (χ3n) is 3.40. The fourth-order valence-electron chi connectivity index (χ4n) is 2.26. The van der Waals surface area contributed by atoms with Crippen LogP contribution in [0, 0.1) is 0 Å². The summed E-state index contributed by atoms with van der Waals surface area (Å²) < 4.78 is 11.4. The van der Waals surface area contributed by atoms with E-state index in [1.807, 2.05) is 30.3 Å². The van der Waals surface area contributed by atoms with Crippen molar-refractivity contribution in [2.24, 2.45) is 0 Å². The SMILES string of the molecule is CC(Nc1cccnc1Cl)c1ccc2c(c1)OCCCO2. The maximum atomic E-state index is 6.07. The molecule has 0 fully saturated rings. The molecular weight excluding hydrogens is 288 g/mol. The van der Waals surface area contributed by atoms with Crippen molar-refractivity contribution >= 4 is 17.3 Å². The standard InChI is InChI=1S/C16H17ClN2O2/c1-11(19-13-4-2-7-18-16(13)17)12-5-6-14-15(10-12)21-9-3-8-20-14/h2,4-7,10-11,19H,3,8-9H2,1H3. The first kappa shape index (κ1) is 14.0. The number of hydrogen-bond donors (Lipinski definition) is 1. The molecule has 0 aliphatic carbocycles. The summed E-state index contributed by atoms with van der Waals surface area (Å²) in [6.07, 6.45) is 2.58. The quantitative estimate of drug-likeness (QED) is 0.868. The van der Waals surface area contributed by atoms with Gasteiger partial charge in [0.05, 0.1) is 18.9 Å². The van der Waals surface area contributed by atoms with Gasteiger partial charge in [-0.3, -0.25) is 0 Å². The summed E-state index contributed by atoms with van der Waals surface area (Å²) in [6.45, 7) is 3.46. The number of anilines is 1. The lowest BCUT2D eigenvalue weighted by Crippen LogP contribution is -2.07. The van der Waals surface area contributed by atoms with E-state index >= 15 is 0 Å². The van der Waals surface area contributed by atoms with Gasteiger partial charge in [0.25, 0.3) is 0 Å². The topological polar surface area (TPSA) is 43.4 Å². The summed E-state index contributed by atoms with van der Waals surface area (Å²) in [5.74, 6) is 1.61. The Kier molecular flexibility index (Phi) is 4.15. The number of benzene rings is 1. The zero-order valence-corrected chi connectivity index (χ0v) is 12.6. The molecule has 0 amide bonds. The minimum Gasteiger partial charge on any atom is -0.490 e. The highest BCUT2D eigenvalue weighted by atomic mass is 35.5. The van der Waals surface area contributed by atoms with Gasteiger partial charge in [-0.05, 0) is 36.8 Å². The number of halogens is 1. The second kappa shape index (κ2) is 6.22. The van der Waals surface area contributed by atoms with Crippen LogP contribution >= 0.6 is 11.6 Å². The van der Waals surface area contributed by atoms with Crippen LogP contribution in [0.25, 0.3) is 0 Å². The highest BCUT2D eigenvalue weighted by Gasteiger charge is 2.14. The molecule has 0 bridgehead atoms. The first-order chi connectivity index (χ1) is 10.2. The number of rotatable bonds is 3. The van der Waals surface area contributed by atoms with E-state index in [1.54, 1.807) is 6.20 Å². The number of nitrogens with zero attached hydrogens (tertiary/aromatic N) is 1. The molecule has 3 rings (SSSR count). The van der Waals surface area contributed by atoms with Gasteiger partial charge < -0.3 is 14.8 Å². The van der Waals surface area contributed by atoms with Crippen LogP contribution in [0.15, 0.2) is 36.5 Å². The summed E-state index contributed by atoms with van der Waals surface area (Å²) in [6, 6.07) is 9.87. The predicted molar refractivity (Wildman–Crippen MR) is 83.3 cm³/mol. The number of nitrogens with one attached hydrogen (secondary N) is 1. The lowest BCUT2D eigenvalue weighted by Gasteiger charge is -2.18. The smallest absolute Gasteiger partial charge is 0.161 e. The average molecular weight is 305 g/mol. The molecule has 5 heteroatoms. The van der Waals surface area contributed by atoms with E-state index in [2.05, 4.69) is 17.2 Å². The van der Waals surface area contributed by atoms with Crippen LogP contribution in [0.1, 0.15) is 24.9 Å². The number of pyridine rings is 1. The molecule has 1 aromatic carbocycles. The number of aromatic nitrogens is 1. The second-order valence-electron chi connectivity index (χ2n) is 4.96. The van der Waals surface area contributed by atoms with Crippen molar-refractivity contribution in [2.75, 3.05) is 18.5 Å². The Labute approximate surface area is 129 Å². The van der Waals surface area contributed by atoms with Crippen molar-refractivity contribution < 1.29 is 9.47 Å². The van der Waals surface area contributed by atoms with Gasteiger partial charge in [-0.1, -0.05) is 17.7 Å². The molecule has 0 saturated heterocycles. The molecule has 1 aliphatic heterocycles. The van der Waals surface area contributed by atoms with Gasteiger partial charge in [-0.2, -0.15) is 0 Å². The third-order valence-corrected chi connectivity index (χ3v) is 3.70. The average Bonchev–Trinajstić information content (AvgIpc) is 2.74. The van der Waals surface area contributed by atoms with Gasteiger partial charge in [-0.25, -0.2) is 4.98 Å². The highest BCUT2D eigenvalue weighted by molar-refractivity contribution is 6.31. The predicted octanol–water partition coefficient (Wildman–Crippen LogP) is 4.07. The van der Waals surface area contributed by atoms with Crippen LogP contribution in [-0.2, 0) is 0 Å². The largest absolute Gasteiger partial charge is 0.490 e. The maximum Gasteiger partial charge on any atom is 0.161 e. The van der Waals surface area contributed by atoms with Crippen LogP contribution in [0.4, 0.5) is 5.69 Å². The molecule has 4 nitrogen and oxygen atoms in total.